The molecule has 0 bridgehead atoms. The molecule has 0 aromatic heterocycles. The Bertz CT molecular complexity index is 742. The first-order valence-corrected chi connectivity index (χ1v) is 9.45. The molecule has 2 aromatic carbocycles. The van der Waals surface area contributed by atoms with Gasteiger partial charge in [-0.1, -0.05) is 42.5 Å². The fourth-order valence-electron chi connectivity index (χ4n) is 4.17. The topological polar surface area (TPSA) is 44.4 Å². The zero-order valence-corrected chi connectivity index (χ0v) is 14.9. The summed E-state index contributed by atoms with van der Waals surface area (Å²) in [6, 6.07) is 15.8. The highest BCUT2D eigenvalue weighted by Crippen LogP contribution is 2.32. The van der Waals surface area contributed by atoms with E-state index in [0.29, 0.717) is 18.0 Å². The summed E-state index contributed by atoms with van der Waals surface area (Å²) >= 11 is 0. The lowest BCUT2D eigenvalue weighted by Crippen LogP contribution is -2.53. The molecule has 25 heavy (non-hydrogen) atoms. The average molecular weight is 337 g/mol. The van der Waals surface area contributed by atoms with E-state index in [1.165, 1.54) is 16.3 Å². The van der Waals surface area contributed by atoms with Gasteiger partial charge in [-0.3, -0.25) is 4.79 Å². The van der Waals surface area contributed by atoms with Gasteiger partial charge in [0.15, 0.2) is 0 Å². The van der Waals surface area contributed by atoms with Crippen LogP contribution >= 0.6 is 0 Å². The third-order valence-electron chi connectivity index (χ3n) is 5.69. The minimum absolute atomic E-state index is 0.218. The normalized spacial score (nSPS) is 24.8. The SMILES string of the molecule is C[C@@H](NC1CC(C(=O)N2CCNCC2)C1)c1cccc2ccccc12. The smallest absolute Gasteiger partial charge is 0.225 e. The van der Waals surface area contributed by atoms with Crippen LogP contribution in [0.25, 0.3) is 10.8 Å². The highest BCUT2D eigenvalue weighted by Gasteiger charge is 2.37. The predicted molar refractivity (Wildman–Crippen MR) is 101 cm³/mol. The van der Waals surface area contributed by atoms with E-state index in [-0.39, 0.29) is 5.92 Å². The third-order valence-corrected chi connectivity index (χ3v) is 5.69. The van der Waals surface area contributed by atoms with E-state index in [2.05, 4.69) is 60.0 Å². The maximum Gasteiger partial charge on any atom is 0.225 e. The van der Waals surface area contributed by atoms with Gasteiger partial charge in [0.25, 0.3) is 0 Å². The van der Waals surface area contributed by atoms with Crippen molar-refractivity contribution in [3.8, 4) is 0 Å². The molecule has 0 unspecified atom stereocenters. The summed E-state index contributed by atoms with van der Waals surface area (Å²) in [5.74, 6) is 0.577. The molecule has 4 heteroatoms. The number of carbonyl (C=O) groups excluding carboxylic acids is 1. The average Bonchev–Trinajstić information content (AvgIpc) is 2.64. The van der Waals surface area contributed by atoms with Crippen LogP contribution in [0.2, 0.25) is 0 Å². The minimum atomic E-state index is 0.218. The van der Waals surface area contributed by atoms with E-state index in [4.69, 9.17) is 0 Å². The summed E-state index contributed by atoms with van der Waals surface area (Å²) in [6.07, 6.45) is 1.94. The molecule has 132 valence electrons. The van der Waals surface area contributed by atoms with E-state index in [0.717, 1.165) is 39.0 Å². The van der Waals surface area contributed by atoms with Crippen molar-refractivity contribution in [3.05, 3.63) is 48.0 Å². The molecule has 4 nitrogen and oxygen atoms in total. The van der Waals surface area contributed by atoms with Gasteiger partial charge in [-0.25, -0.2) is 0 Å². The van der Waals surface area contributed by atoms with Crippen molar-refractivity contribution >= 4 is 16.7 Å². The quantitative estimate of drug-likeness (QED) is 0.902. The van der Waals surface area contributed by atoms with Crippen LogP contribution < -0.4 is 10.6 Å². The molecule has 1 aliphatic carbocycles. The lowest BCUT2D eigenvalue weighted by molar-refractivity contribution is -0.139. The monoisotopic (exact) mass is 337 g/mol. The zero-order valence-electron chi connectivity index (χ0n) is 14.9. The molecule has 4 rings (SSSR count). The number of benzene rings is 2. The number of rotatable bonds is 4. The molecule has 1 atom stereocenters. The van der Waals surface area contributed by atoms with E-state index >= 15 is 0 Å². The molecule has 2 aliphatic rings. The van der Waals surface area contributed by atoms with Crippen molar-refractivity contribution in [2.24, 2.45) is 5.92 Å². The van der Waals surface area contributed by atoms with Gasteiger partial charge >= 0.3 is 0 Å². The summed E-state index contributed by atoms with van der Waals surface area (Å²) in [5, 5.41) is 9.64. The van der Waals surface area contributed by atoms with Crippen LogP contribution in [0, 0.1) is 5.92 Å². The molecule has 2 fully saturated rings. The fraction of sp³-hybridized carbons (Fsp3) is 0.476. The molecule has 0 radical (unpaired) electrons. The largest absolute Gasteiger partial charge is 0.340 e. The van der Waals surface area contributed by atoms with Gasteiger partial charge in [0.2, 0.25) is 5.91 Å². The van der Waals surface area contributed by atoms with E-state index < -0.39 is 0 Å². The van der Waals surface area contributed by atoms with Crippen molar-refractivity contribution in [2.45, 2.75) is 31.8 Å². The Balaban J connectivity index is 1.35. The van der Waals surface area contributed by atoms with Gasteiger partial charge < -0.3 is 15.5 Å². The Morgan fingerprint density at radius 2 is 1.84 bits per heavy atom. The van der Waals surface area contributed by atoms with Gasteiger partial charge in [0, 0.05) is 44.2 Å². The van der Waals surface area contributed by atoms with Crippen molar-refractivity contribution in [1.29, 1.82) is 0 Å². The van der Waals surface area contributed by atoms with Crippen LogP contribution in [0.3, 0.4) is 0 Å². The number of hydrogen-bond acceptors (Lipinski definition) is 3. The van der Waals surface area contributed by atoms with E-state index in [9.17, 15) is 4.79 Å². The first kappa shape index (κ1) is 16.6. The lowest BCUT2D eigenvalue weighted by Gasteiger charge is -2.40. The number of piperazine rings is 1. The van der Waals surface area contributed by atoms with Crippen LogP contribution in [0.1, 0.15) is 31.4 Å². The summed E-state index contributed by atoms with van der Waals surface area (Å²) in [4.78, 5) is 14.6. The van der Waals surface area contributed by atoms with Crippen LogP contribution in [-0.2, 0) is 4.79 Å². The van der Waals surface area contributed by atoms with Crippen LogP contribution in [-0.4, -0.2) is 43.0 Å². The van der Waals surface area contributed by atoms with E-state index in [1.54, 1.807) is 0 Å². The summed E-state index contributed by atoms with van der Waals surface area (Å²) in [7, 11) is 0. The summed E-state index contributed by atoms with van der Waals surface area (Å²) in [5.41, 5.74) is 1.34. The number of nitrogens with zero attached hydrogens (tertiary/aromatic N) is 1. The Morgan fingerprint density at radius 3 is 2.64 bits per heavy atom. The standard InChI is InChI=1S/C21H27N3O/c1-15(19-8-4-6-16-5-2-3-7-20(16)19)23-18-13-17(14-18)21(25)24-11-9-22-10-12-24/h2-8,15,17-18,22-23H,9-14H2,1H3/t15-,17?,18?/m1/s1. The Hall–Kier alpha value is -1.91. The fourth-order valence-corrected chi connectivity index (χ4v) is 4.17. The Kier molecular flexibility index (Phi) is 4.73. The lowest BCUT2D eigenvalue weighted by atomic mass is 9.78. The molecule has 1 amide bonds. The summed E-state index contributed by atoms with van der Waals surface area (Å²) in [6.45, 7) is 5.81. The number of fused-ring (bicyclic) bond motifs is 1. The molecule has 2 N–H and O–H groups in total. The molecule has 1 aliphatic heterocycles. The minimum Gasteiger partial charge on any atom is -0.340 e. The molecular formula is C21H27N3O. The molecule has 1 saturated heterocycles. The van der Waals surface area contributed by atoms with Crippen molar-refractivity contribution in [1.82, 2.24) is 15.5 Å². The van der Waals surface area contributed by atoms with Crippen molar-refractivity contribution < 1.29 is 4.79 Å². The van der Waals surface area contributed by atoms with Crippen LogP contribution in [0.15, 0.2) is 42.5 Å². The maximum atomic E-state index is 12.5. The second-order valence-corrected chi connectivity index (χ2v) is 7.40. The number of amides is 1. The van der Waals surface area contributed by atoms with Gasteiger partial charge in [-0.15, -0.1) is 0 Å². The van der Waals surface area contributed by atoms with Gasteiger partial charge in [-0.2, -0.15) is 0 Å². The Morgan fingerprint density at radius 1 is 1.12 bits per heavy atom. The molecule has 1 saturated carbocycles. The number of hydrogen-bond donors (Lipinski definition) is 2. The van der Waals surface area contributed by atoms with Crippen LogP contribution in [0.5, 0.6) is 0 Å². The zero-order chi connectivity index (χ0) is 17.2. The predicted octanol–water partition coefficient (Wildman–Crippen LogP) is 2.70. The second-order valence-electron chi connectivity index (χ2n) is 7.40. The highest BCUT2D eigenvalue weighted by molar-refractivity contribution is 5.86. The number of carbonyl (C=O) groups is 1. The summed E-state index contributed by atoms with van der Waals surface area (Å²) < 4.78 is 0. The Labute approximate surface area is 149 Å². The van der Waals surface area contributed by atoms with Crippen molar-refractivity contribution in [2.75, 3.05) is 26.2 Å². The second kappa shape index (κ2) is 7.14. The van der Waals surface area contributed by atoms with Gasteiger partial charge in [0.1, 0.15) is 0 Å². The van der Waals surface area contributed by atoms with Gasteiger partial charge in [-0.05, 0) is 36.1 Å². The maximum absolute atomic E-state index is 12.5. The first-order valence-electron chi connectivity index (χ1n) is 9.45. The third kappa shape index (κ3) is 3.42. The highest BCUT2D eigenvalue weighted by atomic mass is 16.2. The number of nitrogens with one attached hydrogen (secondary N) is 2. The molecule has 0 spiro atoms. The molecule has 2 aromatic rings. The first-order chi connectivity index (χ1) is 12.2. The van der Waals surface area contributed by atoms with Crippen LogP contribution in [0.4, 0.5) is 0 Å². The van der Waals surface area contributed by atoms with E-state index in [1.807, 2.05) is 4.90 Å². The van der Waals surface area contributed by atoms with Gasteiger partial charge in [0.05, 0.1) is 0 Å². The molecular weight excluding hydrogens is 310 g/mol. The molecule has 1 heterocycles. The van der Waals surface area contributed by atoms with Crippen molar-refractivity contribution in [3.63, 3.8) is 0 Å².